The molecule has 0 aliphatic carbocycles. The molecule has 0 aliphatic heterocycles. The average Bonchev–Trinajstić information content (AvgIpc) is 1.85. The fraction of sp³-hybridized carbons (Fsp3) is 1.00. The minimum atomic E-state index is 0.461. The van der Waals surface area contributed by atoms with Gasteiger partial charge in [-0.15, -0.1) is 0 Å². The molecule has 0 aromatic heterocycles. The van der Waals surface area contributed by atoms with Gasteiger partial charge in [0.05, 0.1) is 0 Å². The van der Waals surface area contributed by atoms with Crippen LogP contribution in [-0.2, 0) is 0 Å². The molecule has 0 rings (SSSR count). The van der Waals surface area contributed by atoms with Crippen LogP contribution in [0.1, 0.15) is 47.5 Å². The largest absolute Gasteiger partial charge is 0.330 e. The second-order valence-electron chi connectivity index (χ2n) is 5.34. The summed E-state index contributed by atoms with van der Waals surface area (Å²) >= 11 is 0. The predicted octanol–water partition coefficient (Wildman–Crippen LogP) is 3.04. The SMILES string of the molecule is CC(C)C(CN)CCC(C)(C)C. The monoisotopic (exact) mass is 171 g/mol. The Bertz CT molecular complexity index is 111. The van der Waals surface area contributed by atoms with E-state index in [1.807, 2.05) is 0 Å². The lowest BCUT2D eigenvalue weighted by Gasteiger charge is -2.24. The van der Waals surface area contributed by atoms with Gasteiger partial charge < -0.3 is 5.73 Å². The maximum atomic E-state index is 5.70. The molecule has 0 aromatic rings. The van der Waals surface area contributed by atoms with Crippen molar-refractivity contribution in [2.24, 2.45) is 23.0 Å². The van der Waals surface area contributed by atoms with E-state index in [-0.39, 0.29) is 0 Å². The zero-order valence-electron chi connectivity index (χ0n) is 9.35. The van der Waals surface area contributed by atoms with Crippen LogP contribution < -0.4 is 5.73 Å². The van der Waals surface area contributed by atoms with Crippen LogP contribution in [0.25, 0.3) is 0 Å². The third-order valence-corrected chi connectivity index (χ3v) is 2.51. The Morgan fingerprint density at radius 2 is 1.67 bits per heavy atom. The van der Waals surface area contributed by atoms with Crippen molar-refractivity contribution in [2.75, 3.05) is 6.54 Å². The Kier molecular flexibility index (Phi) is 4.84. The highest BCUT2D eigenvalue weighted by Gasteiger charge is 2.16. The fourth-order valence-corrected chi connectivity index (χ4v) is 1.34. The molecular weight excluding hydrogens is 146 g/mol. The van der Waals surface area contributed by atoms with Crippen LogP contribution in [0.5, 0.6) is 0 Å². The van der Waals surface area contributed by atoms with E-state index in [0.717, 1.165) is 12.5 Å². The van der Waals surface area contributed by atoms with Gasteiger partial charge in [-0.3, -0.25) is 0 Å². The first-order chi connectivity index (χ1) is 5.37. The third-order valence-electron chi connectivity index (χ3n) is 2.51. The molecule has 1 nitrogen and oxygen atoms in total. The topological polar surface area (TPSA) is 26.0 Å². The molecule has 0 heterocycles. The minimum Gasteiger partial charge on any atom is -0.330 e. The van der Waals surface area contributed by atoms with Gasteiger partial charge in [0, 0.05) is 0 Å². The molecule has 2 N–H and O–H groups in total. The molecule has 1 heteroatoms. The van der Waals surface area contributed by atoms with E-state index >= 15 is 0 Å². The molecule has 0 aliphatic rings. The standard InChI is InChI=1S/C11H25N/c1-9(2)10(8-12)6-7-11(3,4)5/h9-10H,6-8,12H2,1-5H3. The Morgan fingerprint density at radius 1 is 1.17 bits per heavy atom. The van der Waals surface area contributed by atoms with Crippen molar-refractivity contribution in [2.45, 2.75) is 47.5 Å². The summed E-state index contributed by atoms with van der Waals surface area (Å²) in [4.78, 5) is 0. The summed E-state index contributed by atoms with van der Waals surface area (Å²) in [5, 5.41) is 0. The van der Waals surface area contributed by atoms with Gasteiger partial charge in [0.1, 0.15) is 0 Å². The Hall–Kier alpha value is -0.0400. The summed E-state index contributed by atoms with van der Waals surface area (Å²) < 4.78 is 0. The quantitative estimate of drug-likeness (QED) is 0.691. The molecule has 0 fully saturated rings. The third kappa shape index (κ3) is 5.59. The van der Waals surface area contributed by atoms with Crippen molar-refractivity contribution < 1.29 is 0 Å². The lowest BCUT2D eigenvalue weighted by molar-refractivity contribution is 0.284. The molecule has 0 aromatic carbocycles. The minimum absolute atomic E-state index is 0.461. The van der Waals surface area contributed by atoms with Crippen LogP contribution in [0.4, 0.5) is 0 Å². The maximum absolute atomic E-state index is 5.70. The fourth-order valence-electron chi connectivity index (χ4n) is 1.34. The molecular formula is C11H25N. The number of hydrogen-bond donors (Lipinski definition) is 1. The zero-order valence-corrected chi connectivity index (χ0v) is 9.35. The molecule has 1 atom stereocenters. The second-order valence-corrected chi connectivity index (χ2v) is 5.34. The highest BCUT2D eigenvalue weighted by molar-refractivity contribution is 4.69. The second kappa shape index (κ2) is 4.86. The lowest BCUT2D eigenvalue weighted by atomic mass is 9.83. The highest BCUT2D eigenvalue weighted by atomic mass is 14.5. The normalized spacial score (nSPS) is 15.2. The van der Waals surface area contributed by atoms with Crippen molar-refractivity contribution in [1.29, 1.82) is 0 Å². The molecule has 0 saturated heterocycles. The van der Waals surface area contributed by atoms with Crippen LogP contribution >= 0.6 is 0 Å². The summed E-state index contributed by atoms with van der Waals surface area (Å²) in [6, 6.07) is 0. The molecule has 0 saturated carbocycles. The van der Waals surface area contributed by atoms with Gasteiger partial charge in [0.15, 0.2) is 0 Å². The van der Waals surface area contributed by atoms with Gasteiger partial charge in [-0.05, 0) is 36.6 Å². The van der Waals surface area contributed by atoms with Gasteiger partial charge in [0.2, 0.25) is 0 Å². The van der Waals surface area contributed by atoms with E-state index in [0.29, 0.717) is 11.3 Å². The predicted molar refractivity (Wildman–Crippen MR) is 56.1 cm³/mol. The Balaban J connectivity index is 3.73. The van der Waals surface area contributed by atoms with E-state index in [1.165, 1.54) is 12.8 Å². The van der Waals surface area contributed by atoms with Gasteiger partial charge in [-0.25, -0.2) is 0 Å². The first kappa shape index (κ1) is 12.0. The highest BCUT2D eigenvalue weighted by Crippen LogP contribution is 2.26. The first-order valence-electron chi connectivity index (χ1n) is 5.07. The molecule has 12 heavy (non-hydrogen) atoms. The zero-order chi connectivity index (χ0) is 9.78. The lowest BCUT2D eigenvalue weighted by Crippen LogP contribution is -2.21. The van der Waals surface area contributed by atoms with E-state index in [9.17, 15) is 0 Å². The Labute approximate surface area is 77.7 Å². The molecule has 74 valence electrons. The van der Waals surface area contributed by atoms with Crippen molar-refractivity contribution in [3.63, 3.8) is 0 Å². The van der Waals surface area contributed by atoms with Crippen LogP contribution in [-0.4, -0.2) is 6.54 Å². The Morgan fingerprint density at radius 3 is 1.92 bits per heavy atom. The summed E-state index contributed by atoms with van der Waals surface area (Å²) in [6.45, 7) is 12.2. The van der Waals surface area contributed by atoms with Crippen molar-refractivity contribution in [3.05, 3.63) is 0 Å². The van der Waals surface area contributed by atoms with E-state index in [4.69, 9.17) is 5.73 Å². The van der Waals surface area contributed by atoms with Gasteiger partial charge in [-0.2, -0.15) is 0 Å². The summed E-state index contributed by atoms with van der Waals surface area (Å²) in [7, 11) is 0. The van der Waals surface area contributed by atoms with Crippen LogP contribution in [0.15, 0.2) is 0 Å². The van der Waals surface area contributed by atoms with Gasteiger partial charge in [0.25, 0.3) is 0 Å². The van der Waals surface area contributed by atoms with Crippen molar-refractivity contribution in [3.8, 4) is 0 Å². The number of hydrogen-bond acceptors (Lipinski definition) is 1. The summed E-state index contributed by atoms with van der Waals surface area (Å²) in [5.74, 6) is 1.45. The molecule has 0 amide bonds. The summed E-state index contributed by atoms with van der Waals surface area (Å²) in [6.07, 6.45) is 2.56. The number of rotatable bonds is 4. The number of nitrogens with two attached hydrogens (primary N) is 1. The van der Waals surface area contributed by atoms with Crippen LogP contribution in [0.3, 0.4) is 0 Å². The van der Waals surface area contributed by atoms with Crippen molar-refractivity contribution in [1.82, 2.24) is 0 Å². The first-order valence-corrected chi connectivity index (χ1v) is 5.07. The average molecular weight is 171 g/mol. The summed E-state index contributed by atoms with van der Waals surface area (Å²) in [5.41, 5.74) is 6.16. The van der Waals surface area contributed by atoms with Gasteiger partial charge >= 0.3 is 0 Å². The van der Waals surface area contributed by atoms with E-state index < -0.39 is 0 Å². The van der Waals surface area contributed by atoms with E-state index in [1.54, 1.807) is 0 Å². The van der Waals surface area contributed by atoms with Crippen molar-refractivity contribution >= 4 is 0 Å². The molecule has 0 bridgehead atoms. The molecule has 0 spiro atoms. The molecule has 1 unspecified atom stereocenters. The van der Waals surface area contributed by atoms with Crippen LogP contribution in [0, 0.1) is 17.3 Å². The van der Waals surface area contributed by atoms with Gasteiger partial charge in [-0.1, -0.05) is 34.6 Å². The van der Waals surface area contributed by atoms with Crippen LogP contribution in [0.2, 0.25) is 0 Å². The maximum Gasteiger partial charge on any atom is -0.00464 e. The smallest absolute Gasteiger partial charge is 0.00464 e. The molecule has 0 radical (unpaired) electrons. The van der Waals surface area contributed by atoms with E-state index in [2.05, 4.69) is 34.6 Å².